The smallest absolute Gasteiger partial charge is 0.258 e. The average Bonchev–Trinajstić information content (AvgIpc) is 2.37. The molecule has 0 bridgehead atoms. The number of fused-ring (bicyclic) bond motifs is 3. The van der Waals surface area contributed by atoms with E-state index in [-0.39, 0.29) is 17.4 Å². The molecule has 0 saturated heterocycles. The second-order valence-corrected chi connectivity index (χ2v) is 4.88. The molecule has 0 saturated carbocycles. The van der Waals surface area contributed by atoms with Crippen LogP contribution in [-0.4, -0.2) is 21.2 Å². The summed E-state index contributed by atoms with van der Waals surface area (Å²) in [6, 6.07) is 6.54. The SMILES string of the molecule is CC(C)Oc1nc2cc[nH]c(=O)c2c2cc(O)ccc12. The highest BCUT2D eigenvalue weighted by Gasteiger charge is 2.13. The maximum atomic E-state index is 12.0. The molecule has 0 aliphatic rings. The van der Waals surface area contributed by atoms with Crippen molar-refractivity contribution in [1.29, 1.82) is 0 Å². The first-order valence-corrected chi connectivity index (χ1v) is 6.37. The van der Waals surface area contributed by atoms with Crippen molar-refractivity contribution in [2.75, 3.05) is 0 Å². The van der Waals surface area contributed by atoms with Crippen molar-refractivity contribution in [2.24, 2.45) is 0 Å². The zero-order valence-corrected chi connectivity index (χ0v) is 11.2. The van der Waals surface area contributed by atoms with Gasteiger partial charge >= 0.3 is 0 Å². The van der Waals surface area contributed by atoms with E-state index >= 15 is 0 Å². The van der Waals surface area contributed by atoms with Crippen molar-refractivity contribution in [2.45, 2.75) is 20.0 Å². The monoisotopic (exact) mass is 270 g/mol. The maximum absolute atomic E-state index is 12.0. The summed E-state index contributed by atoms with van der Waals surface area (Å²) < 4.78 is 5.71. The molecule has 3 aromatic rings. The lowest BCUT2D eigenvalue weighted by Crippen LogP contribution is -2.10. The van der Waals surface area contributed by atoms with E-state index in [1.54, 1.807) is 30.5 Å². The molecular formula is C15H14N2O3. The van der Waals surface area contributed by atoms with Gasteiger partial charge in [-0.15, -0.1) is 0 Å². The lowest BCUT2D eigenvalue weighted by molar-refractivity contribution is 0.237. The number of hydrogen-bond donors (Lipinski definition) is 2. The molecule has 0 aliphatic carbocycles. The fourth-order valence-corrected chi connectivity index (χ4v) is 2.23. The average molecular weight is 270 g/mol. The highest BCUT2D eigenvalue weighted by molar-refractivity contribution is 6.07. The Morgan fingerprint density at radius 2 is 2.05 bits per heavy atom. The predicted molar refractivity (Wildman–Crippen MR) is 77.3 cm³/mol. The van der Waals surface area contributed by atoms with E-state index in [0.29, 0.717) is 27.6 Å². The molecule has 0 fully saturated rings. The number of hydrogen-bond acceptors (Lipinski definition) is 4. The van der Waals surface area contributed by atoms with Gasteiger partial charge < -0.3 is 14.8 Å². The van der Waals surface area contributed by atoms with Gasteiger partial charge in [-0.25, -0.2) is 4.98 Å². The summed E-state index contributed by atoms with van der Waals surface area (Å²) in [6.07, 6.45) is 1.52. The Morgan fingerprint density at radius 1 is 1.25 bits per heavy atom. The molecule has 0 radical (unpaired) electrons. The van der Waals surface area contributed by atoms with E-state index in [0.717, 1.165) is 0 Å². The summed E-state index contributed by atoms with van der Waals surface area (Å²) in [5.74, 6) is 0.567. The third-order valence-electron chi connectivity index (χ3n) is 3.01. The molecule has 20 heavy (non-hydrogen) atoms. The van der Waals surface area contributed by atoms with Gasteiger partial charge in [0, 0.05) is 17.0 Å². The number of ether oxygens (including phenoxy) is 1. The summed E-state index contributed by atoms with van der Waals surface area (Å²) in [4.78, 5) is 19.1. The maximum Gasteiger partial charge on any atom is 0.258 e. The van der Waals surface area contributed by atoms with Gasteiger partial charge in [0.1, 0.15) is 5.75 Å². The third-order valence-corrected chi connectivity index (χ3v) is 3.01. The molecule has 2 aromatic heterocycles. The molecule has 3 rings (SSSR count). The Kier molecular flexibility index (Phi) is 2.82. The Balaban J connectivity index is 2.49. The number of phenols is 1. The molecule has 1 aromatic carbocycles. The van der Waals surface area contributed by atoms with Gasteiger partial charge in [-0.1, -0.05) is 0 Å². The third kappa shape index (κ3) is 1.97. The normalized spacial score (nSPS) is 11.3. The molecule has 0 spiro atoms. The minimum Gasteiger partial charge on any atom is -0.508 e. The number of aromatic amines is 1. The summed E-state index contributed by atoms with van der Waals surface area (Å²) >= 11 is 0. The van der Waals surface area contributed by atoms with Crippen LogP contribution < -0.4 is 10.3 Å². The van der Waals surface area contributed by atoms with Crippen molar-refractivity contribution in [3.8, 4) is 11.6 Å². The summed E-state index contributed by atoms with van der Waals surface area (Å²) in [6.45, 7) is 3.83. The highest BCUT2D eigenvalue weighted by Crippen LogP contribution is 2.31. The van der Waals surface area contributed by atoms with Gasteiger partial charge in [0.15, 0.2) is 0 Å². The van der Waals surface area contributed by atoms with E-state index in [9.17, 15) is 9.90 Å². The number of phenolic OH excluding ortho intramolecular Hbond substituents is 1. The molecule has 2 N–H and O–H groups in total. The first kappa shape index (κ1) is 12.5. The van der Waals surface area contributed by atoms with Crippen LogP contribution in [-0.2, 0) is 0 Å². The van der Waals surface area contributed by atoms with E-state index < -0.39 is 0 Å². The molecule has 102 valence electrons. The van der Waals surface area contributed by atoms with E-state index in [2.05, 4.69) is 9.97 Å². The Hall–Kier alpha value is -2.56. The van der Waals surface area contributed by atoms with Crippen LogP contribution in [0.1, 0.15) is 13.8 Å². The molecular weight excluding hydrogens is 256 g/mol. The van der Waals surface area contributed by atoms with E-state index in [1.165, 1.54) is 0 Å². The van der Waals surface area contributed by atoms with Gasteiger partial charge in [0.05, 0.1) is 17.0 Å². The number of nitrogens with one attached hydrogen (secondary N) is 1. The Bertz CT molecular complexity index is 853. The molecule has 0 atom stereocenters. The topological polar surface area (TPSA) is 75.2 Å². The molecule has 5 nitrogen and oxygen atoms in total. The van der Waals surface area contributed by atoms with Crippen molar-refractivity contribution in [3.05, 3.63) is 40.8 Å². The number of aromatic nitrogens is 2. The van der Waals surface area contributed by atoms with Crippen LogP contribution >= 0.6 is 0 Å². The number of rotatable bonds is 2. The number of H-pyrrole nitrogens is 1. The fourth-order valence-electron chi connectivity index (χ4n) is 2.23. The van der Waals surface area contributed by atoms with Crippen LogP contribution in [0.15, 0.2) is 35.3 Å². The first-order chi connectivity index (χ1) is 9.56. The van der Waals surface area contributed by atoms with Crippen LogP contribution in [0.25, 0.3) is 21.7 Å². The zero-order chi connectivity index (χ0) is 14.3. The molecule has 2 heterocycles. The van der Waals surface area contributed by atoms with Gasteiger partial charge in [0.2, 0.25) is 5.88 Å². The number of aromatic hydroxyl groups is 1. The van der Waals surface area contributed by atoms with Gasteiger partial charge in [-0.2, -0.15) is 0 Å². The first-order valence-electron chi connectivity index (χ1n) is 6.37. The lowest BCUT2D eigenvalue weighted by Gasteiger charge is -2.13. The second kappa shape index (κ2) is 4.52. The van der Waals surface area contributed by atoms with E-state index in [4.69, 9.17) is 4.74 Å². The van der Waals surface area contributed by atoms with Gasteiger partial charge in [-0.3, -0.25) is 4.79 Å². The fraction of sp³-hybridized carbons (Fsp3) is 0.200. The van der Waals surface area contributed by atoms with Crippen molar-refractivity contribution < 1.29 is 9.84 Å². The number of benzene rings is 1. The number of pyridine rings is 2. The summed E-state index contributed by atoms with van der Waals surface area (Å²) in [7, 11) is 0. The quantitative estimate of drug-likeness (QED) is 0.702. The van der Waals surface area contributed by atoms with Crippen LogP contribution in [0.4, 0.5) is 0 Å². The zero-order valence-electron chi connectivity index (χ0n) is 11.2. The van der Waals surface area contributed by atoms with Crippen molar-refractivity contribution in [1.82, 2.24) is 9.97 Å². The summed E-state index contributed by atoms with van der Waals surface area (Å²) in [5, 5.41) is 11.5. The van der Waals surface area contributed by atoms with Crippen LogP contribution in [0.2, 0.25) is 0 Å². The van der Waals surface area contributed by atoms with E-state index in [1.807, 2.05) is 13.8 Å². The minimum absolute atomic E-state index is 0.0288. The predicted octanol–water partition coefficient (Wildman–Crippen LogP) is 2.57. The standard InChI is InChI=1S/C15H14N2O3/c1-8(2)20-15-10-4-3-9(18)7-11(10)13-12(17-15)5-6-16-14(13)19/h3-8,18H,1-2H3,(H,16,19). The van der Waals surface area contributed by atoms with Gasteiger partial charge in [0.25, 0.3) is 5.56 Å². The van der Waals surface area contributed by atoms with Crippen molar-refractivity contribution in [3.63, 3.8) is 0 Å². The highest BCUT2D eigenvalue weighted by atomic mass is 16.5. The van der Waals surface area contributed by atoms with Crippen LogP contribution in [0, 0.1) is 0 Å². The largest absolute Gasteiger partial charge is 0.508 e. The molecule has 0 unspecified atom stereocenters. The summed E-state index contributed by atoms with van der Waals surface area (Å²) in [5.41, 5.74) is 0.309. The second-order valence-electron chi connectivity index (χ2n) is 4.88. The minimum atomic E-state index is -0.235. The van der Waals surface area contributed by atoms with Gasteiger partial charge in [-0.05, 0) is 38.1 Å². The molecule has 0 aliphatic heterocycles. The van der Waals surface area contributed by atoms with Crippen LogP contribution in [0.5, 0.6) is 11.6 Å². The number of nitrogens with zero attached hydrogens (tertiary/aromatic N) is 1. The molecule has 5 heteroatoms. The van der Waals surface area contributed by atoms with Crippen molar-refractivity contribution >= 4 is 21.7 Å². The Morgan fingerprint density at radius 3 is 2.80 bits per heavy atom. The van der Waals surface area contributed by atoms with Crippen LogP contribution in [0.3, 0.4) is 0 Å². The lowest BCUT2D eigenvalue weighted by atomic mass is 10.1. The Labute approximate surface area is 114 Å². The molecule has 0 amide bonds.